The van der Waals surface area contributed by atoms with Gasteiger partial charge in [0.15, 0.2) is 0 Å². The van der Waals surface area contributed by atoms with E-state index in [-0.39, 0.29) is 0 Å². The van der Waals surface area contributed by atoms with Crippen molar-refractivity contribution < 1.29 is 0 Å². The van der Waals surface area contributed by atoms with Gasteiger partial charge in [-0.05, 0) is 159 Å². The summed E-state index contributed by atoms with van der Waals surface area (Å²) in [6.07, 6.45) is 11.7. The Balaban J connectivity index is 0.00000134. The molecule has 0 N–H and O–H groups in total. The molecule has 0 amide bonds. The van der Waals surface area contributed by atoms with Crippen molar-refractivity contribution in [3.05, 3.63) is 310 Å². The van der Waals surface area contributed by atoms with Crippen LogP contribution in [0.4, 0.5) is 28.4 Å². The zero-order valence-corrected chi connectivity index (χ0v) is 46.7. The normalized spacial score (nSPS) is 12.5. The number of allylic oxidation sites excluding steroid dienone is 5. The Hall–Kier alpha value is -9.96. The number of hydrogen-bond acceptors (Lipinski definition) is 2. The number of hydrogen-bond donors (Lipinski definition) is 0. The lowest BCUT2D eigenvalue weighted by Crippen LogP contribution is -2.09. The number of anilines is 5. The largest absolute Gasteiger partial charge is 0.345 e. The number of nitrogens with zero attached hydrogens (tertiary/aromatic N) is 3. The monoisotopic (exact) mass is 1050 g/mol. The van der Waals surface area contributed by atoms with E-state index in [1.54, 1.807) is 6.08 Å². The highest BCUT2D eigenvalue weighted by Crippen LogP contribution is 2.39. The minimum absolute atomic E-state index is 0.325. The fraction of sp³-hybridized carbons (Fsp3) is 0.0769. The molecule has 0 bridgehead atoms. The van der Waals surface area contributed by atoms with E-state index in [4.69, 9.17) is 0 Å². The predicted octanol–water partition coefficient (Wildman–Crippen LogP) is 22.3. The topological polar surface area (TPSA) is 11.4 Å². The van der Waals surface area contributed by atoms with Gasteiger partial charge in [0.2, 0.25) is 0 Å². The highest BCUT2D eigenvalue weighted by molar-refractivity contribution is 6.09. The van der Waals surface area contributed by atoms with Gasteiger partial charge in [-0.25, -0.2) is 0 Å². The zero-order chi connectivity index (χ0) is 55.5. The maximum Gasteiger partial charge on any atom is 0.0560 e. The van der Waals surface area contributed by atoms with Gasteiger partial charge < -0.3 is 14.4 Å². The van der Waals surface area contributed by atoms with Gasteiger partial charge in [-0.3, -0.25) is 0 Å². The van der Waals surface area contributed by atoms with Crippen molar-refractivity contribution in [2.75, 3.05) is 16.8 Å². The first-order valence-electron chi connectivity index (χ1n) is 28.3. The summed E-state index contributed by atoms with van der Waals surface area (Å²) in [5, 5.41) is 2.61. The standard InChI is InChI=1S/C73H55N3.C3H6.C2H6/c1-74(64-44-37-59(38-45-64)56-27-21-52(22-28-56)53-25-31-58(32-26-53)61-41-48-69(49-42-61)75(66-13-5-2-6-14-66)67-15-7-3-8-16-67)65-46-39-60(40-47-65)57-29-23-54(24-30-57)55-33-35-62(36-34-55)63-43-50-73-71(51-63)70-19-11-12-20-72(70)76(73)68-17-9-4-10-18-68;1-3-2;1-2/h2-17,19-51,68H,18H2,1H3;3H,1H2,2H3;1-2H3. The molecular formula is C78H67N3. The molecule has 0 fully saturated rings. The van der Waals surface area contributed by atoms with Gasteiger partial charge in [0, 0.05) is 57.3 Å². The smallest absolute Gasteiger partial charge is 0.0560 e. The second-order valence-electron chi connectivity index (χ2n) is 20.2. The molecule has 81 heavy (non-hydrogen) atoms. The number of fused-ring (bicyclic) bond motifs is 3. The van der Waals surface area contributed by atoms with Crippen LogP contribution in [0.15, 0.2) is 310 Å². The molecule has 12 aromatic rings. The van der Waals surface area contributed by atoms with E-state index < -0.39 is 0 Å². The first-order chi connectivity index (χ1) is 40.0. The summed E-state index contributed by atoms with van der Waals surface area (Å²) in [7, 11) is 2.13. The lowest BCUT2D eigenvalue weighted by atomic mass is 9.97. The van der Waals surface area contributed by atoms with Crippen LogP contribution in [0.5, 0.6) is 0 Å². The van der Waals surface area contributed by atoms with Crippen LogP contribution in [0.25, 0.3) is 88.6 Å². The molecule has 0 radical (unpaired) electrons. The van der Waals surface area contributed by atoms with Gasteiger partial charge in [0.1, 0.15) is 0 Å². The average molecular weight is 1050 g/mol. The minimum Gasteiger partial charge on any atom is -0.345 e. The molecule has 394 valence electrons. The second kappa shape index (κ2) is 24.8. The van der Waals surface area contributed by atoms with Crippen LogP contribution in [-0.4, -0.2) is 11.6 Å². The molecule has 3 nitrogen and oxygen atoms in total. The molecule has 13 rings (SSSR count). The molecule has 0 saturated carbocycles. The molecule has 3 heteroatoms. The molecule has 1 aromatic heterocycles. The van der Waals surface area contributed by atoms with Crippen LogP contribution in [0.2, 0.25) is 0 Å². The van der Waals surface area contributed by atoms with E-state index in [9.17, 15) is 0 Å². The third-order valence-electron chi connectivity index (χ3n) is 15.2. The minimum atomic E-state index is 0.325. The number of benzene rings is 11. The first-order valence-corrected chi connectivity index (χ1v) is 28.3. The molecule has 1 unspecified atom stereocenters. The van der Waals surface area contributed by atoms with E-state index in [0.717, 1.165) is 34.9 Å². The second-order valence-corrected chi connectivity index (χ2v) is 20.2. The van der Waals surface area contributed by atoms with E-state index >= 15 is 0 Å². The van der Waals surface area contributed by atoms with Gasteiger partial charge in [0.05, 0.1) is 6.04 Å². The van der Waals surface area contributed by atoms with Crippen molar-refractivity contribution in [1.82, 2.24) is 4.57 Å². The average Bonchev–Trinajstić information content (AvgIpc) is 4.15. The summed E-state index contributed by atoms with van der Waals surface area (Å²) < 4.78 is 2.50. The van der Waals surface area contributed by atoms with Crippen LogP contribution in [0.1, 0.15) is 33.2 Å². The molecule has 1 heterocycles. The highest BCUT2D eigenvalue weighted by atomic mass is 15.1. The predicted molar refractivity (Wildman–Crippen MR) is 350 cm³/mol. The number of rotatable bonds is 12. The third kappa shape index (κ3) is 11.5. The van der Waals surface area contributed by atoms with E-state index in [2.05, 4.69) is 325 Å². The van der Waals surface area contributed by atoms with Crippen LogP contribution in [-0.2, 0) is 0 Å². The van der Waals surface area contributed by atoms with E-state index in [1.807, 2.05) is 20.8 Å². The van der Waals surface area contributed by atoms with Crippen molar-refractivity contribution in [3.63, 3.8) is 0 Å². The van der Waals surface area contributed by atoms with Crippen LogP contribution in [0.3, 0.4) is 0 Å². The van der Waals surface area contributed by atoms with Crippen LogP contribution < -0.4 is 9.80 Å². The molecule has 1 aliphatic rings. The maximum absolute atomic E-state index is 3.36. The Bertz CT molecular complexity index is 4020. The van der Waals surface area contributed by atoms with Gasteiger partial charge >= 0.3 is 0 Å². The molecule has 1 aliphatic carbocycles. The summed E-state index contributed by atoms with van der Waals surface area (Å²) in [5.74, 6) is 0. The van der Waals surface area contributed by atoms with Crippen molar-refractivity contribution in [1.29, 1.82) is 0 Å². The van der Waals surface area contributed by atoms with Gasteiger partial charge in [-0.15, -0.1) is 6.58 Å². The number of para-hydroxylation sites is 3. The summed E-state index contributed by atoms with van der Waals surface area (Å²) in [5.41, 5.74) is 22.7. The fourth-order valence-electron chi connectivity index (χ4n) is 11.0. The zero-order valence-electron chi connectivity index (χ0n) is 46.7. The lowest BCUT2D eigenvalue weighted by Gasteiger charge is -2.25. The first kappa shape index (κ1) is 53.1. The van der Waals surface area contributed by atoms with Crippen molar-refractivity contribution >= 4 is 50.2 Å². The Labute approximate surface area is 479 Å². The number of aromatic nitrogens is 1. The molecule has 0 saturated heterocycles. The quantitative estimate of drug-likeness (QED) is 0.113. The van der Waals surface area contributed by atoms with Crippen molar-refractivity contribution in [2.24, 2.45) is 0 Å². The third-order valence-corrected chi connectivity index (χ3v) is 15.2. The van der Waals surface area contributed by atoms with Crippen LogP contribution in [0, 0.1) is 0 Å². The van der Waals surface area contributed by atoms with Crippen molar-refractivity contribution in [3.8, 4) is 66.8 Å². The van der Waals surface area contributed by atoms with Crippen molar-refractivity contribution in [2.45, 2.75) is 33.2 Å². The Kier molecular flexibility index (Phi) is 16.2. The van der Waals surface area contributed by atoms with E-state index in [1.165, 1.54) is 88.6 Å². The summed E-state index contributed by atoms with van der Waals surface area (Å²) in [6.45, 7) is 9.25. The summed E-state index contributed by atoms with van der Waals surface area (Å²) in [4.78, 5) is 4.54. The van der Waals surface area contributed by atoms with Gasteiger partial charge in [0.25, 0.3) is 0 Å². The van der Waals surface area contributed by atoms with E-state index in [0.29, 0.717) is 6.04 Å². The fourth-order valence-corrected chi connectivity index (χ4v) is 11.0. The SMILES string of the molecule is C=CC.CC.CN(c1ccc(-c2ccc(-c3ccc(-c4ccc(N(c5ccccc5)c5ccccc5)cc4)cc3)cc2)cc1)c1ccc(-c2ccc(-c3ccc(-c4ccc5c(c4)c4ccccc4n5C4C=CC=CC4)cc3)cc2)cc1. The van der Waals surface area contributed by atoms with Gasteiger partial charge in [-0.2, -0.15) is 0 Å². The molecule has 1 atom stereocenters. The molecule has 0 aliphatic heterocycles. The Morgan fingerprint density at radius 1 is 0.358 bits per heavy atom. The van der Waals surface area contributed by atoms with Crippen LogP contribution >= 0.6 is 0 Å². The Morgan fingerprint density at radius 3 is 1.05 bits per heavy atom. The van der Waals surface area contributed by atoms with Gasteiger partial charge in [-0.1, -0.05) is 238 Å². The molecular weight excluding hydrogens is 979 g/mol. The summed E-state index contributed by atoms with van der Waals surface area (Å²) in [6, 6.07) is 99.5. The maximum atomic E-state index is 3.36. The highest BCUT2D eigenvalue weighted by Gasteiger charge is 2.18. The summed E-state index contributed by atoms with van der Waals surface area (Å²) >= 11 is 0. The Morgan fingerprint density at radius 2 is 0.667 bits per heavy atom. The molecule has 0 spiro atoms. The lowest BCUT2D eigenvalue weighted by molar-refractivity contribution is 0.648. The molecule has 11 aromatic carbocycles.